The Kier molecular flexibility index (Phi) is 3.93. The number of anilines is 1. The summed E-state index contributed by atoms with van der Waals surface area (Å²) in [6.45, 7) is -0.324. The SMILES string of the molecule is Nc1nc2c(ncn2C[C@H](CO)n2cc(P(=O)(O)O)nn2)c(=O)[nH]1. The fourth-order valence-electron chi connectivity index (χ4n) is 2.14. The van der Waals surface area contributed by atoms with Gasteiger partial charge in [-0.15, -0.1) is 5.10 Å². The van der Waals surface area contributed by atoms with Gasteiger partial charge in [-0.1, -0.05) is 5.21 Å². The van der Waals surface area contributed by atoms with Crippen LogP contribution in [0.15, 0.2) is 17.3 Å². The summed E-state index contributed by atoms with van der Waals surface area (Å²) in [7, 11) is -4.54. The molecule has 0 bridgehead atoms. The Morgan fingerprint density at radius 1 is 1.42 bits per heavy atom. The van der Waals surface area contributed by atoms with Gasteiger partial charge in [0.05, 0.1) is 31.7 Å². The maximum atomic E-state index is 11.7. The number of hydrogen-bond acceptors (Lipinski definition) is 8. The highest BCUT2D eigenvalue weighted by Gasteiger charge is 2.24. The molecule has 0 aliphatic rings. The molecule has 0 amide bonds. The van der Waals surface area contributed by atoms with Crippen LogP contribution in [0.5, 0.6) is 0 Å². The van der Waals surface area contributed by atoms with Gasteiger partial charge in [-0.2, -0.15) is 4.98 Å². The number of aromatic amines is 1. The van der Waals surface area contributed by atoms with Gasteiger partial charge in [0.2, 0.25) is 5.95 Å². The number of nitrogen functional groups attached to an aromatic ring is 1. The molecule has 0 aliphatic heterocycles. The molecule has 0 radical (unpaired) electrons. The number of aromatic nitrogens is 7. The summed E-state index contributed by atoms with van der Waals surface area (Å²) in [4.78, 5) is 40.1. The van der Waals surface area contributed by atoms with E-state index in [0.29, 0.717) is 0 Å². The van der Waals surface area contributed by atoms with Gasteiger partial charge >= 0.3 is 7.60 Å². The van der Waals surface area contributed by atoms with Crippen molar-refractivity contribution in [2.75, 3.05) is 12.3 Å². The first-order valence-electron chi connectivity index (χ1n) is 6.59. The number of hydrogen-bond donors (Lipinski definition) is 5. The maximum Gasteiger partial charge on any atom is 0.377 e. The van der Waals surface area contributed by atoms with Crippen molar-refractivity contribution in [2.24, 2.45) is 0 Å². The molecule has 0 spiro atoms. The fourth-order valence-corrected chi connectivity index (χ4v) is 2.56. The third kappa shape index (κ3) is 2.92. The van der Waals surface area contributed by atoms with Gasteiger partial charge in [-0.3, -0.25) is 14.3 Å². The lowest BCUT2D eigenvalue weighted by Gasteiger charge is -2.14. The monoisotopic (exact) mass is 356 g/mol. The van der Waals surface area contributed by atoms with E-state index in [1.807, 2.05) is 0 Å². The molecule has 1 atom stereocenters. The van der Waals surface area contributed by atoms with Gasteiger partial charge in [0.1, 0.15) is 0 Å². The molecule has 0 saturated carbocycles. The second-order valence-corrected chi connectivity index (χ2v) is 6.50. The van der Waals surface area contributed by atoms with Crippen molar-refractivity contribution in [3.05, 3.63) is 22.9 Å². The molecule has 0 unspecified atom stereocenters. The Balaban J connectivity index is 1.95. The zero-order valence-corrected chi connectivity index (χ0v) is 12.9. The van der Waals surface area contributed by atoms with Gasteiger partial charge in [0.25, 0.3) is 5.56 Å². The number of fused-ring (bicyclic) bond motifs is 1. The van der Waals surface area contributed by atoms with Gasteiger partial charge in [0, 0.05) is 0 Å². The number of aliphatic hydroxyl groups is 1. The Morgan fingerprint density at radius 3 is 2.79 bits per heavy atom. The first-order valence-corrected chi connectivity index (χ1v) is 8.20. The van der Waals surface area contributed by atoms with Crippen LogP contribution in [0.1, 0.15) is 6.04 Å². The minimum Gasteiger partial charge on any atom is -0.394 e. The second kappa shape index (κ2) is 5.79. The summed E-state index contributed by atoms with van der Waals surface area (Å²) >= 11 is 0. The molecule has 0 fully saturated rings. The quantitative estimate of drug-likeness (QED) is 0.300. The van der Waals surface area contributed by atoms with E-state index in [9.17, 15) is 14.5 Å². The second-order valence-electron chi connectivity index (χ2n) is 4.96. The van der Waals surface area contributed by atoms with E-state index in [2.05, 4.69) is 25.3 Å². The zero-order chi connectivity index (χ0) is 17.5. The van der Waals surface area contributed by atoms with Crippen LogP contribution in [0.25, 0.3) is 11.2 Å². The van der Waals surface area contributed by atoms with Crippen molar-refractivity contribution in [2.45, 2.75) is 12.6 Å². The number of nitrogens with one attached hydrogen (secondary N) is 1. The standard InChI is InChI=1S/C10H13N8O5P/c11-10-13-8-7(9(20)14-10)12-4-17(8)1-5(3-19)18-2-6(15-16-18)24(21,22)23/h2,4-5,19H,1,3H2,(H2,21,22,23)(H3,11,13,14,20)/t5-/m1/s1. The number of nitrogens with zero attached hydrogens (tertiary/aromatic N) is 6. The Morgan fingerprint density at radius 2 is 2.17 bits per heavy atom. The van der Waals surface area contributed by atoms with Crippen LogP contribution in [-0.2, 0) is 11.1 Å². The number of aliphatic hydroxyl groups excluding tert-OH is 1. The third-order valence-corrected chi connectivity index (χ3v) is 4.08. The molecule has 24 heavy (non-hydrogen) atoms. The molecule has 3 aromatic rings. The van der Waals surface area contributed by atoms with E-state index in [-0.39, 0.29) is 23.7 Å². The molecule has 128 valence electrons. The third-order valence-electron chi connectivity index (χ3n) is 3.28. The van der Waals surface area contributed by atoms with E-state index in [0.717, 1.165) is 10.9 Å². The average molecular weight is 356 g/mol. The summed E-state index contributed by atoms with van der Waals surface area (Å²) in [5, 5.41) is 16.6. The number of rotatable bonds is 5. The molecule has 0 saturated heterocycles. The van der Waals surface area contributed by atoms with Crippen LogP contribution < -0.4 is 16.7 Å². The van der Waals surface area contributed by atoms with Crippen LogP contribution in [0.4, 0.5) is 5.95 Å². The lowest BCUT2D eigenvalue weighted by Crippen LogP contribution is -2.21. The molecular weight excluding hydrogens is 343 g/mol. The molecule has 3 rings (SSSR count). The number of nitrogens with two attached hydrogens (primary N) is 1. The molecule has 14 heteroatoms. The highest BCUT2D eigenvalue weighted by atomic mass is 31.2. The summed E-state index contributed by atoms with van der Waals surface area (Å²) in [5.74, 6) is -0.0839. The van der Waals surface area contributed by atoms with Crippen LogP contribution in [0.2, 0.25) is 0 Å². The van der Waals surface area contributed by atoms with Gasteiger partial charge < -0.3 is 25.2 Å². The van der Waals surface area contributed by atoms with Crippen LogP contribution >= 0.6 is 7.60 Å². The van der Waals surface area contributed by atoms with Crippen molar-refractivity contribution in [3.8, 4) is 0 Å². The largest absolute Gasteiger partial charge is 0.394 e. The van der Waals surface area contributed by atoms with Crippen LogP contribution in [0.3, 0.4) is 0 Å². The van der Waals surface area contributed by atoms with E-state index < -0.39 is 31.2 Å². The van der Waals surface area contributed by atoms with Crippen molar-refractivity contribution >= 4 is 30.1 Å². The first kappa shape index (κ1) is 16.3. The minimum atomic E-state index is -4.54. The molecule has 0 aliphatic carbocycles. The van der Waals surface area contributed by atoms with E-state index in [1.165, 1.54) is 10.9 Å². The van der Waals surface area contributed by atoms with Gasteiger partial charge in [-0.05, 0) is 0 Å². The van der Waals surface area contributed by atoms with E-state index in [4.69, 9.17) is 15.5 Å². The van der Waals surface area contributed by atoms with Crippen molar-refractivity contribution < 1.29 is 19.5 Å². The predicted molar refractivity (Wildman–Crippen MR) is 80.4 cm³/mol. The molecule has 3 aromatic heterocycles. The molecule has 3 heterocycles. The van der Waals surface area contributed by atoms with Gasteiger partial charge in [-0.25, -0.2) is 9.67 Å². The fraction of sp³-hybridized carbons (Fsp3) is 0.300. The van der Waals surface area contributed by atoms with Crippen LogP contribution in [0, 0.1) is 0 Å². The Labute approximate surface area is 132 Å². The molecule has 13 nitrogen and oxygen atoms in total. The lowest BCUT2D eigenvalue weighted by molar-refractivity contribution is 0.202. The predicted octanol–water partition coefficient (Wildman–Crippen LogP) is -2.67. The summed E-state index contributed by atoms with van der Waals surface area (Å²) in [5.41, 5.74) is 4.80. The smallest absolute Gasteiger partial charge is 0.377 e. The Bertz CT molecular complexity index is 987. The first-order chi connectivity index (χ1) is 11.3. The molecule has 0 aromatic carbocycles. The van der Waals surface area contributed by atoms with E-state index >= 15 is 0 Å². The van der Waals surface area contributed by atoms with E-state index in [1.54, 1.807) is 0 Å². The number of imidazole rings is 1. The highest BCUT2D eigenvalue weighted by Crippen LogP contribution is 2.31. The maximum absolute atomic E-state index is 11.7. The zero-order valence-electron chi connectivity index (χ0n) is 12.0. The summed E-state index contributed by atoms with van der Waals surface area (Å²) in [6, 6.07) is -0.711. The van der Waals surface area contributed by atoms with Crippen LogP contribution in [-0.4, -0.2) is 56.0 Å². The normalized spacial score (nSPS) is 13.5. The highest BCUT2D eigenvalue weighted by molar-refractivity contribution is 7.59. The number of H-pyrrole nitrogens is 1. The van der Waals surface area contributed by atoms with Crippen molar-refractivity contribution in [1.82, 2.24) is 34.5 Å². The average Bonchev–Trinajstić information content (AvgIpc) is 3.11. The Hall–Kier alpha value is -2.60. The van der Waals surface area contributed by atoms with Crippen molar-refractivity contribution in [3.63, 3.8) is 0 Å². The molecule has 6 N–H and O–H groups in total. The van der Waals surface area contributed by atoms with Gasteiger partial charge in [0.15, 0.2) is 16.6 Å². The van der Waals surface area contributed by atoms with Crippen molar-refractivity contribution in [1.29, 1.82) is 0 Å². The molecular formula is C10H13N8O5P. The minimum absolute atomic E-state index is 0.0762. The summed E-state index contributed by atoms with van der Waals surface area (Å²) in [6.07, 6.45) is 2.39. The summed E-state index contributed by atoms with van der Waals surface area (Å²) < 4.78 is 13.8. The topological polar surface area (TPSA) is 198 Å². The lowest BCUT2D eigenvalue weighted by atomic mass is 10.3.